The highest BCUT2D eigenvalue weighted by Crippen LogP contribution is 2.28. The summed E-state index contributed by atoms with van der Waals surface area (Å²) in [5, 5.41) is 0. The number of benzene rings is 2. The highest BCUT2D eigenvalue weighted by atomic mass is 19.2. The molecule has 0 spiro atoms. The van der Waals surface area contributed by atoms with Crippen molar-refractivity contribution in [2.24, 2.45) is 0 Å². The van der Waals surface area contributed by atoms with Crippen LogP contribution in [0, 0.1) is 23.5 Å². The molecule has 1 aliphatic rings. The van der Waals surface area contributed by atoms with Crippen LogP contribution in [0.15, 0.2) is 48.9 Å². The number of rotatable bonds is 6. The van der Waals surface area contributed by atoms with E-state index in [1.165, 1.54) is 24.7 Å². The molecule has 3 rings (SSSR count). The lowest BCUT2D eigenvalue weighted by Gasteiger charge is -2.12. The van der Waals surface area contributed by atoms with Gasteiger partial charge in [0.05, 0.1) is 17.7 Å². The predicted molar refractivity (Wildman–Crippen MR) is 97.9 cm³/mol. The molecular weight excluding hydrogens is 350 g/mol. The summed E-state index contributed by atoms with van der Waals surface area (Å²) in [4.78, 5) is 0. The molecule has 0 unspecified atom stereocenters. The molecule has 5 heteroatoms. The van der Waals surface area contributed by atoms with E-state index in [2.05, 4.69) is 18.8 Å². The molecule has 1 heterocycles. The Kier molecular flexibility index (Phi) is 6.32. The van der Waals surface area contributed by atoms with Gasteiger partial charge in [0.25, 0.3) is 6.29 Å². The van der Waals surface area contributed by atoms with Gasteiger partial charge < -0.3 is 14.2 Å². The Bertz CT molecular complexity index is 856. The molecule has 0 saturated carbocycles. The Labute approximate surface area is 157 Å². The summed E-state index contributed by atoms with van der Waals surface area (Å²) in [7, 11) is 0. The second kappa shape index (κ2) is 9.09. The molecule has 0 atom stereocenters. The Morgan fingerprint density at radius 1 is 0.926 bits per heavy atom. The average molecular weight is 370 g/mol. The second-order valence-corrected chi connectivity index (χ2v) is 6.04. The number of hydrogen-bond acceptors (Lipinski definition) is 3. The average Bonchev–Trinajstić information content (AvgIpc) is 3.22. The van der Waals surface area contributed by atoms with Crippen LogP contribution in [0.3, 0.4) is 0 Å². The van der Waals surface area contributed by atoms with E-state index in [1.54, 1.807) is 12.1 Å². The van der Waals surface area contributed by atoms with Gasteiger partial charge in [0, 0.05) is 5.56 Å². The number of unbranched alkanes of at least 4 members (excludes halogenated alkanes) is 2. The molecule has 0 aromatic heterocycles. The van der Waals surface area contributed by atoms with Gasteiger partial charge >= 0.3 is 0 Å². The molecule has 0 radical (unpaired) electrons. The molecule has 2 aromatic rings. The molecule has 3 nitrogen and oxygen atoms in total. The van der Waals surface area contributed by atoms with Crippen LogP contribution in [-0.4, -0.2) is 6.61 Å². The van der Waals surface area contributed by atoms with Crippen molar-refractivity contribution >= 4 is 0 Å². The maximum absolute atomic E-state index is 14.3. The molecule has 0 saturated heterocycles. The maximum Gasteiger partial charge on any atom is 0.269 e. The van der Waals surface area contributed by atoms with Crippen LogP contribution >= 0.6 is 0 Å². The molecule has 27 heavy (non-hydrogen) atoms. The van der Waals surface area contributed by atoms with Gasteiger partial charge in [-0.3, -0.25) is 0 Å². The van der Waals surface area contributed by atoms with Crippen LogP contribution in [0.5, 0.6) is 5.75 Å². The Balaban J connectivity index is 1.67. The lowest BCUT2D eigenvalue weighted by atomic mass is 10.1. The van der Waals surface area contributed by atoms with Crippen molar-refractivity contribution in [2.45, 2.75) is 32.5 Å². The van der Waals surface area contributed by atoms with Crippen LogP contribution in [0.2, 0.25) is 0 Å². The maximum atomic E-state index is 14.3. The minimum absolute atomic E-state index is 0.00683. The van der Waals surface area contributed by atoms with Gasteiger partial charge in [-0.1, -0.05) is 31.6 Å². The summed E-state index contributed by atoms with van der Waals surface area (Å²) >= 11 is 0. The highest BCUT2D eigenvalue weighted by Gasteiger charge is 2.23. The summed E-state index contributed by atoms with van der Waals surface area (Å²) in [6.07, 6.45) is 4.91. The predicted octanol–water partition coefficient (Wildman–Crippen LogP) is 5.45. The van der Waals surface area contributed by atoms with Gasteiger partial charge in [0.2, 0.25) is 0 Å². The molecule has 0 fully saturated rings. The highest BCUT2D eigenvalue weighted by molar-refractivity contribution is 5.46. The van der Waals surface area contributed by atoms with E-state index in [4.69, 9.17) is 14.2 Å². The van der Waals surface area contributed by atoms with Crippen LogP contribution in [-0.2, 0) is 9.47 Å². The van der Waals surface area contributed by atoms with E-state index in [0.29, 0.717) is 12.2 Å². The minimum atomic E-state index is -1.02. The lowest BCUT2D eigenvalue weighted by Crippen LogP contribution is -2.04. The van der Waals surface area contributed by atoms with Crippen LogP contribution in [0.25, 0.3) is 0 Å². The monoisotopic (exact) mass is 370 g/mol. The molecule has 0 aliphatic carbocycles. The Morgan fingerprint density at radius 3 is 2.37 bits per heavy atom. The third kappa shape index (κ3) is 4.79. The van der Waals surface area contributed by atoms with E-state index in [1.807, 2.05) is 12.1 Å². The van der Waals surface area contributed by atoms with Crippen LogP contribution in [0.1, 0.15) is 49.2 Å². The zero-order chi connectivity index (χ0) is 19.1. The summed E-state index contributed by atoms with van der Waals surface area (Å²) in [6.45, 7) is 2.82. The minimum Gasteiger partial charge on any atom is -0.494 e. The molecule has 0 amide bonds. The van der Waals surface area contributed by atoms with Crippen LogP contribution in [0.4, 0.5) is 8.78 Å². The Morgan fingerprint density at radius 2 is 1.67 bits per heavy atom. The zero-order valence-electron chi connectivity index (χ0n) is 15.0. The van der Waals surface area contributed by atoms with Crippen molar-refractivity contribution in [3.8, 4) is 17.6 Å². The summed E-state index contributed by atoms with van der Waals surface area (Å²) in [6, 6.07) is 10.0. The van der Waals surface area contributed by atoms with Crippen LogP contribution < -0.4 is 4.74 Å². The van der Waals surface area contributed by atoms with E-state index in [9.17, 15) is 8.78 Å². The van der Waals surface area contributed by atoms with Gasteiger partial charge in [-0.2, -0.15) is 0 Å². The molecule has 0 bridgehead atoms. The first-order valence-corrected chi connectivity index (χ1v) is 8.87. The molecule has 1 aliphatic heterocycles. The third-order valence-electron chi connectivity index (χ3n) is 4.04. The first-order chi connectivity index (χ1) is 13.2. The van der Waals surface area contributed by atoms with Gasteiger partial charge in [-0.05, 0) is 42.8 Å². The first-order valence-electron chi connectivity index (χ1n) is 8.87. The van der Waals surface area contributed by atoms with Gasteiger partial charge in [-0.15, -0.1) is 0 Å². The quantitative estimate of drug-likeness (QED) is 0.500. The van der Waals surface area contributed by atoms with Gasteiger partial charge in [0.15, 0.2) is 11.6 Å². The Hall–Kier alpha value is -3.00. The van der Waals surface area contributed by atoms with Crippen molar-refractivity contribution in [3.63, 3.8) is 0 Å². The van der Waals surface area contributed by atoms with Crippen molar-refractivity contribution < 1.29 is 23.0 Å². The third-order valence-corrected chi connectivity index (χ3v) is 4.04. The number of halogens is 2. The van der Waals surface area contributed by atoms with E-state index >= 15 is 0 Å². The number of ether oxygens (including phenoxy) is 3. The molecule has 0 N–H and O–H groups in total. The summed E-state index contributed by atoms with van der Waals surface area (Å²) in [5.41, 5.74) is 0.654. The van der Waals surface area contributed by atoms with Crippen molar-refractivity contribution in [1.82, 2.24) is 0 Å². The van der Waals surface area contributed by atoms with Crippen molar-refractivity contribution in [2.75, 3.05) is 6.61 Å². The lowest BCUT2D eigenvalue weighted by molar-refractivity contribution is -0.0275. The van der Waals surface area contributed by atoms with E-state index in [-0.39, 0.29) is 11.1 Å². The van der Waals surface area contributed by atoms with E-state index in [0.717, 1.165) is 25.0 Å². The largest absolute Gasteiger partial charge is 0.494 e. The van der Waals surface area contributed by atoms with Gasteiger partial charge in [-0.25, -0.2) is 8.78 Å². The van der Waals surface area contributed by atoms with Crippen molar-refractivity contribution in [3.05, 3.63) is 77.2 Å². The molecule has 2 aromatic carbocycles. The summed E-state index contributed by atoms with van der Waals surface area (Å²) in [5.74, 6) is 4.23. The fourth-order valence-electron chi connectivity index (χ4n) is 2.54. The fraction of sp³-hybridized carbons (Fsp3) is 0.273. The SMILES string of the molecule is CCCCCOc1ccc(C#Cc2ccc(C3OC=CO3)c(F)c2F)cc1. The molecular formula is C22H20F2O3. The number of hydrogen-bond donors (Lipinski definition) is 0. The first kappa shape index (κ1) is 18.8. The zero-order valence-corrected chi connectivity index (χ0v) is 15.0. The molecule has 140 valence electrons. The van der Waals surface area contributed by atoms with Crippen molar-refractivity contribution in [1.29, 1.82) is 0 Å². The second-order valence-electron chi connectivity index (χ2n) is 6.04. The standard InChI is InChI=1S/C22H20F2O3/c1-2-3-4-13-25-18-10-6-16(7-11-18)5-8-17-9-12-19(21(24)20(17)23)22-26-14-15-27-22/h6-7,9-12,14-15,22H,2-4,13H2,1H3. The smallest absolute Gasteiger partial charge is 0.269 e. The fourth-order valence-corrected chi connectivity index (χ4v) is 2.54. The van der Waals surface area contributed by atoms with Gasteiger partial charge in [0.1, 0.15) is 18.3 Å². The summed E-state index contributed by atoms with van der Waals surface area (Å²) < 4.78 is 44.2. The topological polar surface area (TPSA) is 27.7 Å². The normalized spacial score (nSPS) is 12.9. The van der Waals surface area contributed by atoms with E-state index < -0.39 is 17.9 Å².